The van der Waals surface area contributed by atoms with Gasteiger partial charge in [-0.05, 0) is 37.1 Å². The van der Waals surface area contributed by atoms with Crippen LogP contribution in [0.5, 0.6) is 5.88 Å². The Morgan fingerprint density at radius 2 is 2.10 bits per heavy atom. The van der Waals surface area contributed by atoms with E-state index < -0.39 is 0 Å². The fraction of sp³-hybridized carbons (Fsp3) is 0.300. The number of methoxy groups -OCH3 is 2. The molecular weight excluding hydrogens is 374 g/mol. The molecule has 0 saturated heterocycles. The molecule has 0 aliphatic heterocycles. The van der Waals surface area contributed by atoms with Crippen molar-refractivity contribution in [2.75, 3.05) is 20.8 Å². The first kappa shape index (κ1) is 20.3. The third-order valence-corrected chi connectivity index (χ3v) is 4.40. The Kier molecular flexibility index (Phi) is 6.40. The molecule has 0 radical (unpaired) electrons. The molecule has 0 aliphatic rings. The summed E-state index contributed by atoms with van der Waals surface area (Å²) in [4.78, 5) is 33.4. The van der Waals surface area contributed by atoms with Crippen molar-refractivity contribution >= 4 is 5.91 Å². The zero-order valence-corrected chi connectivity index (χ0v) is 16.5. The minimum atomic E-state index is -0.267. The lowest BCUT2D eigenvalue weighted by molar-refractivity contribution is 0.0929. The van der Waals surface area contributed by atoms with Crippen molar-refractivity contribution in [3.8, 4) is 22.8 Å². The van der Waals surface area contributed by atoms with Crippen LogP contribution in [0.2, 0.25) is 0 Å². The van der Waals surface area contributed by atoms with Crippen molar-refractivity contribution < 1.29 is 14.3 Å². The van der Waals surface area contributed by atoms with Crippen LogP contribution < -0.4 is 15.6 Å². The van der Waals surface area contributed by atoms with E-state index in [0.717, 1.165) is 0 Å². The van der Waals surface area contributed by atoms with E-state index in [1.165, 1.54) is 18.0 Å². The van der Waals surface area contributed by atoms with Crippen molar-refractivity contribution in [2.24, 2.45) is 0 Å². The zero-order chi connectivity index (χ0) is 20.8. The molecule has 0 aliphatic carbocycles. The van der Waals surface area contributed by atoms with Gasteiger partial charge in [0, 0.05) is 44.4 Å². The van der Waals surface area contributed by atoms with Crippen LogP contribution >= 0.6 is 0 Å². The number of amides is 1. The predicted octanol–water partition coefficient (Wildman–Crippen LogP) is 1.79. The molecule has 0 bridgehead atoms. The molecule has 0 fully saturated rings. The number of H-pyrrole nitrogens is 1. The second kappa shape index (κ2) is 9.16. The number of aromatic nitrogens is 4. The summed E-state index contributed by atoms with van der Waals surface area (Å²) in [6, 6.07) is 6.63. The van der Waals surface area contributed by atoms with Gasteiger partial charge in [0.25, 0.3) is 11.5 Å². The van der Waals surface area contributed by atoms with E-state index in [0.29, 0.717) is 41.4 Å². The highest BCUT2D eigenvalue weighted by Gasteiger charge is 2.14. The van der Waals surface area contributed by atoms with E-state index in [1.807, 2.05) is 6.92 Å². The maximum Gasteiger partial charge on any atom is 0.280 e. The van der Waals surface area contributed by atoms with Gasteiger partial charge in [0.2, 0.25) is 5.88 Å². The highest BCUT2D eigenvalue weighted by Crippen LogP contribution is 2.19. The normalized spacial score (nSPS) is 11.8. The van der Waals surface area contributed by atoms with E-state index in [-0.39, 0.29) is 17.5 Å². The van der Waals surface area contributed by atoms with Crippen molar-refractivity contribution in [3.63, 3.8) is 0 Å². The minimum Gasteiger partial charge on any atom is -0.481 e. The maximum absolute atomic E-state index is 12.8. The van der Waals surface area contributed by atoms with Gasteiger partial charge in [-0.3, -0.25) is 14.7 Å². The Hall–Kier alpha value is -3.46. The number of hydrogen-bond acceptors (Lipinski definition) is 6. The van der Waals surface area contributed by atoms with Gasteiger partial charge >= 0.3 is 0 Å². The molecule has 2 N–H and O–H groups in total. The number of carbonyl (C=O) groups is 1. The Bertz CT molecular complexity index is 1030. The summed E-state index contributed by atoms with van der Waals surface area (Å²) in [6.45, 7) is 2.48. The van der Waals surface area contributed by atoms with Crippen molar-refractivity contribution in [1.29, 1.82) is 0 Å². The number of pyridine rings is 2. The van der Waals surface area contributed by atoms with Gasteiger partial charge in [-0.1, -0.05) is 0 Å². The number of ether oxygens (including phenoxy) is 2. The average molecular weight is 397 g/mol. The average Bonchev–Trinajstić information content (AvgIpc) is 3.13. The topological polar surface area (TPSA) is 111 Å². The number of rotatable bonds is 8. The summed E-state index contributed by atoms with van der Waals surface area (Å²) in [5.74, 6) is 0.574. The molecule has 1 atom stereocenters. The van der Waals surface area contributed by atoms with Crippen molar-refractivity contribution in [1.82, 2.24) is 25.1 Å². The molecule has 0 aromatic carbocycles. The first-order valence-electron chi connectivity index (χ1n) is 9.10. The molecule has 3 aromatic rings. The molecule has 3 heterocycles. The summed E-state index contributed by atoms with van der Waals surface area (Å²) in [6.07, 6.45) is 5.32. The number of carbonyl (C=O) groups excluding carboxylic acids is 1. The van der Waals surface area contributed by atoms with E-state index in [9.17, 15) is 9.59 Å². The van der Waals surface area contributed by atoms with Gasteiger partial charge in [0.15, 0.2) is 5.82 Å². The number of nitrogens with zero attached hydrogens (tertiary/aromatic N) is 3. The molecule has 9 nitrogen and oxygen atoms in total. The predicted molar refractivity (Wildman–Crippen MR) is 107 cm³/mol. The van der Waals surface area contributed by atoms with Crippen molar-refractivity contribution in [3.05, 3.63) is 58.8 Å². The Morgan fingerprint density at radius 3 is 2.79 bits per heavy atom. The van der Waals surface area contributed by atoms with Gasteiger partial charge in [0.05, 0.1) is 18.2 Å². The van der Waals surface area contributed by atoms with Crippen LogP contribution in [0.15, 0.2) is 47.7 Å². The Balaban J connectivity index is 1.78. The zero-order valence-electron chi connectivity index (χ0n) is 16.5. The van der Waals surface area contributed by atoms with Crippen LogP contribution in [0, 0.1) is 0 Å². The SMILES string of the molecule is COCCC(C)NC(=O)c1ccc(-n2[nH]cc(-c3ccnc(OC)c3)c2=O)nc1. The molecule has 1 unspecified atom stereocenters. The fourth-order valence-electron chi connectivity index (χ4n) is 2.76. The van der Waals surface area contributed by atoms with Crippen LogP contribution in [0.25, 0.3) is 16.9 Å². The van der Waals surface area contributed by atoms with Crippen LogP contribution in [0.1, 0.15) is 23.7 Å². The van der Waals surface area contributed by atoms with Crippen molar-refractivity contribution in [2.45, 2.75) is 19.4 Å². The molecule has 152 valence electrons. The van der Waals surface area contributed by atoms with E-state index in [1.54, 1.807) is 43.8 Å². The van der Waals surface area contributed by atoms with E-state index in [2.05, 4.69) is 20.4 Å². The molecule has 3 aromatic heterocycles. The standard InChI is InChI=1S/C20H23N5O4/c1-13(7-9-28-2)24-19(26)15-4-5-17(22-11-15)25-20(27)16(12-23-25)14-6-8-21-18(10-14)29-3/h4-6,8,10-13,23H,7,9H2,1-3H3,(H,24,26). The van der Waals surface area contributed by atoms with Gasteiger partial charge in [-0.15, -0.1) is 0 Å². The summed E-state index contributed by atoms with van der Waals surface area (Å²) in [5, 5.41) is 5.78. The van der Waals surface area contributed by atoms with E-state index in [4.69, 9.17) is 9.47 Å². The molecule has 29 heavy (non-hydrogen) atoms. The lowest BCUT2D eigenvalue weighted by Crippen LogP contribution is -2.33. The first-order valence-corrected chi connectivity index (χ1v) is 9.10. The van der Waals surface area contributed by atoms with E-state index >= 15 is 0 Å². The second-order valence-corrected chi connectivity index (χ2v) is 6.48. The highest BCUT2D eigenvalue weighted by molar-refractivity contribution is 5.94. The smallest absolute Gasteiger partial charge is 0.280 e. The molecule has 9 heteroatoms. The first-order chi connectivity index (χ1) is 14.0. The third-order valence-electron chi connectivity index (χ3n) is 4.40. The summed E-state index contributed by atoms with van der Waals surface area (Å²) in [5.41, 5.74) is 1.28. The molecule has 0 saturated carbocycles. The lowest BCUT2D eigenvalue weighted by Gasteiger charge is -2.13. The van der Waals surface area contributed by atoms with Crippen LogP contribution in [0.4, 0.5) is 0 Å². The lowest BCUT2D eigenvalue weighted by atomic mass is 10.1. The molecular formula is C20H23N5O4. The fourth-order valence-corrected chi connectivity index (χ4v) is 2.76. The van der Waals surface area contributed by atoms with Crippen LogP contribution in [-0.4, -0.2) is 52.5 Å². The van der Waals surface area contributed by atoms with Crippen LogP contribution in [-0.2, 0) is 4.74 Å². The second-order valence-electron chi connectivity index (χ2n) is 6.48. The van der Waals surface area contributed by atoms with Gasteiger partial charge < -0.3 is 14.8 Å². The monoisotopic (exact) mass is 397 g/mol. The van der Waals surface area contributed by atoms with Gasteiger partial charge in [-0.2, -0.15) is 0 Å². The maximum atomic E-state index is 12.8. The van der Waals surface area contributed by atoms with Gasteiger partial charge in [0.1, 0.15) is 0 Å². The third kappa shape index (κ3) is 4.69. The molecule has 0 spiro atoms. The summed E-state index contributed by atoms with van der Waals surface area (Å²) < 4.78 is 11.4. The highest BCUT2D eigenvalue weighted by atomic mass is 16.5. The number of hydrogen-bond donors (Lipinski definition) is 2. The summed E-state index contributed by atoms with van der Waals surface area (Å²) in [7, 11) is 3.14. The summed E-state index contributed by atoms with van der Waals surface area (Å²) >= 11 is 0. The minimum absolute atomic E-state index is 0.0203. The largest absolute Gasteiger partial charge is 0.481 e. The number of aromatic amines is 1. The Labute approximate surface area is 167 Å². The van der Waals surface area contributed by atoms with Gasteiger partial charge in [-0.25, -0.2) is 14.6 Å². The quantitative estimate of drug-likeness (QED) is 0.599. The Morgan fingerprint density at radius 1 is 1.28 bits per heavy atom. The number of nitrogens with one attached hydrogen (secondary N) is 2. The molecule has 3 rings (SSSR count). The van der Waals surface area contributed by atoms with Crippen LogP contribution in [0.3, 0.4) is 0 Å². The molecule has 1 amide bonds.